The third-order valence-corrected chi connectivity index (χ3v) is 2.18. The molecule has 1 aliphatic carbocycles. The zero-order chi connectivity index (χ0) is 23.4. The molecule has 0 nitrogen and oxygen atoms in total. The smallest absolute Gasteiger partial charge is 0.0323 e. The Balaban J connectivity index is -0.0000000366. The molecular weight excluding hydrogens is 324 g/mol. The highest BCUT2D eigenvalue weighted by molar-refractivity contribution is 5.00. The van der Waals surface area contributed by atoms with Crippen LogP contribution in [0.4, 0.5) is 0 Å². The second kappa shape index (κ2) is 85.3. The topological polar surface area (TPSA) is 0 Å². The zero-order valence-corrected chi connectivity index (χ0v) is 22.4. The molecule has 0 heteroatoms. The van der Waals surface area contributed by atoms with Crippen LogP contribution in [0.3, 0.4) is 0 Å². The van der Waals surface area contributed by atoms with Gasteiger partial charge in [-0.3, -0.25) is 0 Å². The van der Waals surface area contributed by atoms with E-state index in [0.29, 0.717) is 0 Å². The summed E-state index contributed by atoms with van der Waals surface area (Å²) >= 11 is 0. The van der Waals surface area contributed by atoms with Crippen molar-refractivity contribution in [1.29, 1.82) is 0 Å². The van der Waals surface area contributed by atoms with Gasteiger partial charge in [-0.15, -0.1) is 0 Å². The SMILES string of the molecule is CC.CC.CC.CC.CC.CC.CC.CC1=CCCCC1.c1ccccc1. The fourth-order valence-corrected chi connectivity index (χ4v) is 1.38. The summed E-state index contributed by atoms with van der Waals surface area (Å²) in [5.74, 6) is 0. The van der Waals surface area contributed by atoms with Crippen molar-refractivity contribution < 1.29 is 0 Å². The molecule has 2 rings (SSSR count). The molecule has 168 valence electrons. The van der Waals surface area contributed by atoms with Crippen LogP contribution in [0.1, 0.15) is 130 Å². The summed E-state index contributed by atoms with van der Waals surface area (Å²) in [4.78, 5) is 0. The monoisotopic (exact) mass is 384 g/mol. The number of rotatable bonds is 0. The van der Waals surface area contributed by atoms with E-state index in [9.17, 15) is 0 Å². The number of hydrogen-bond acceptors (Lipinski definition) is 0. The van der Waals surface area contributed by atoms with Crippen molar-refractivity contribution in [2.24, 2.45) is 0 Å². The van der Waals surface area contributed by atoms with E-state index in [2.05, 4.69) is 13.0 Å². The maximum atomic E-state index is 2.35. The minimum absolute atomic E-state index is 1.33. The Bertz CT molecular complexity index is 207. The lowest BCUT2D eigenvalue weighted by Gasteiger charge is -2.05. The Hall–Kier alpha value is -1.04. The van der Waals surface area contributed by atoms with Crippen molar-refractivity contribution in [1.82, 2.24) is 0 Å². The van der Waals surface area contributed by atoms with Crippen LogP contribution in [0, 0.1) is 0 Å². The quantitative estimate of drug-likeness (QED) is 0.390. The summed E-state index contributed by atoms with van der Waals surface area (Å²) in [6, 6.07) is 12.0. The summed E-state index contributed by atoms with van der Waals surface area (Å²) < 4.78 is 0. The Kier molecular flexibility index (Phi) is 142. The van der Waals surface area contributed by atoms with Crippen molar-refractivity contribution in [3.63, 3.8) is 0 Å². The van der Waals surface area contributed by atoms with E-state index < -0.39 is 0 Å². The molecule has 0 bridgehead atoms. The highest BCUT2D eigenvalue weighted by Crippen LogP contribution is 2.15. The summed E-state index contributed by atoms with van der Waals surface area (Å²) in [5.41, 5.74) is 1.59. The molecule has 0 spiro atoms. The standard InChI is InChI=1S/C7H12.C6H6.7C2H6/c1-7-5-3-2-4-6-7;1-2-4-6-5-3-1;7*1-2/h5H,2-4,6H2,1H3;1-6H;7*1-2H3. The van der Waals surface area contributed by atoms with Gasteiger partial charge >= 0.3 is 0 Å². The van der Waals surface area contributed by atoms with Crippen LogP contribution in [-0.4, -0.2) is 0 Å². The number of hydrogen-bond donors (Lipinski definition) is 0. The van der Waals surface area contributed by atoms with Crippen molar-refractivity contribution in [2.75, 3.05) is 0 Å². The number of benzene rings is 1. The van der Waals surface area contributed by atoms with Gasteiger partial charge in [-0.25, -0.2) is 0 Å². The molecule has 0 N–H and O–H groups in total. The van der Waals surface area contributed by atoms with Gasteiger partial charge in [0.2, 0.25) is 0 Å². The first-order valence-corrected chi connectivity index (χ1v) is 12.1. The van der Waals surface area contributed by atoms with Crippen LogP contribution in [-0.2, 0) is 0 Å². The van der Waals surface area contributed by atoms with E-state index in [4.69, 9.17) is 0 Å². The molecule has 0 saturated carbocycles. The lowest BCUT2D eigenvalue weighted by atomic mass is 10.0. The molecular formula is C27H60. The van der Waals surface area contributed by atoms with E-state index in [0.717, 1.165) is 0 Å². The van der Waals surface area contributed by atoms with Gasteiger partial charge in [0.05, 0.1) is 0 Å². The van der Waals surface area contributed by atoms with Gasteiger partial charge in [0.15, 0.2) is 0 Å². The minimum Gasteiger partial charge on any atom is -0.0856 e. The third kappa shape index (κ3) is 78.3. The van der Waals surface area contributed by atoms with E-state index in [1.54, 1.807) is 5.57 Å². The predicted octanol–water partition coefficient (Wildman–Crippen LogP) is 11.4. The highest BCUT2D eigenvalue weighted by atomic mass is 14.0. The Morgan fingerprint density at radius 3 is 0.815 bits per heavy atom. The molecule has 0 saturated heterocycles. The van der Waals surface area contributed by atoms with Crippen molar-refractivity contribution in [3.8, 4) is 0 Å². The lowest BCUT2D eigenvalue weighted by Crippen LogP contribution is -1.85. The Morgan fingerprint density at radius 1 is 0.444 bits per heavy atom. The van der Waals surface area contributed by atoms with E-state index >= 15 is 0 Å². The average molecular weight is 385 g/mol. The van der Waals surface area contributed by atoms with Crippen molar-refractivity contribution in [2.45, 2.75) is 130 Å². The van der Waals surface area contributed by atoms with E-state index in [1.165, 1.54) is 25.7 Å². The van der Waals surface area contributed by atoms with Crippen LogP contribution < -0.4 is 0 Å². The first-order valence-electron chi connectivity index (χ1n) is 12.1. The van der Waals surface area contributed by atoms with Crippen LogP contribution in [0.25, 0.3) is 0 Å². The van der Waals surface area contributed by atoms with Gasteiger partial charge in [-0.05, 0) is 32.6 Å². The van der Waals surface area contributed by atoms with Gasteiger partial charge in [0.1, 0.15) is 0 Å². The summed E-state index contributed by atoms with van der Waals surface area (Å²) in [5, 5.41) is 0. The second-order valence-electron chi connectivity index (χ2n) is 3.45. The van der Waals surface area contributed by atoms with Crippen molar-refractivity contribution >= 4 is 0 Å². The molecule has 0 aromatic heterocycles. The van der Waals surface area contributed by atoms with Gasteiger partial charge in [-0.2, -0.15) is 0 Å². The molecule has 0 fully saturated rings. The minimum atomic E-state index is 1.33. The molecule has 27 heavy (non-hydrogen) atoms. The fraction of sp³-hybridized carbons (Fsp3) is 0.704. The molecule has 1 aromatic rings. The normalized spacial score (nSPS) is 8.93. The second-order valence-corrected chi connectivity index (χ2v) is 3.45. The first-order chi connectivity index (χ1) is 13.4. The Morgan fingerprint density at radius 2 is 0.704 bits per heavy atom. The zero-order valence-electron chi connectivity index (χ0n) is 22.4. The van der Waals surface area contributed by atoms with E-state index in [-0.39, 0.29) is 0 Å². The largest absolute Gasteiger partial charge is 0.0856 e. The number of allylic oxidation sites excluding steroid dienone is 2. The molecule has 0 radical (unpaired) electrons. The fourth-order valence-electron chi connectivity index (χ4n) is 1.38. The maximum Gasteiger partial charge on any atom is -0.0323 e. The van der Waals surface area contributed by atoms with Gasteiger partial charge in [0.25, 0.3) is 0 Å². The van der Waals surface area contributed by atoms with Crippen LogP contribution in [0.2, 0.25) is 0 Å². The molecule has 0 atom stereocenters. The lowest BCUT2D eigenvalue weighted by molar-refractivity contribution is 0.702. The highest BCUT2D eigenvalue weighted by Gasteiger charge is 1.95. The predicted molar refractivity (Wildman–Crippen MR) is 138 cm³/mol. The molecule has 1 aromatic carbocycles. The summed E-state index contributed by atoms with van der Waals surface area (Å²) in [7, 11) is 0. The molecule has 0 unspecified atom stereocenters. The van der Waals surface area contributed by atoms with Gasteiger partial charge in [-0.1, -0.05) is 145 Å². The van der Waals surface area contributed by atoms with E-state index in [1.807, 2.05) is 133 Å². The van der Waals surface area contributed by atoms with Crippen LogP contribution >= 0.6 is 0 Å². The van der Waals surface area contributed by atoms with Crippen LogP contribution in [0.5, 0.6) is 0 Å². The van der Waals surface area contributed by atoms with Crippen molar-refractivity contribution in [3.05, 3.63) is 48.0 Å². The molecule has 0 amide bonds. The third-order valence-electron chi connectivity index (χ3n) is 2.18. The summed E-state index contributed by atoms with van der Waals surface area (Å²) in [6.45, 7) is 30.2. The molecule has 0 heterocycles. The average Bonchev–Trinajstić information content (AvgIpc) is 2.85. The first kappa shape index (κ1) is 45.0. The maximum absolute atomic E-state index is 2.35. The van der Waals surface area contributed by atoms with Gasteiger partial charge in [0, 0.05) is 0 Å². The van der Waals surface area contributed by atoms with Crippen LogP contribution in [0.15, 0.2) is 48.0 Å². The molecule has 0 aliphatic heterocycles. The molecule has 1 aliphatic rings. The summed E-state index contributed by atoms with van der Waals surface area (Å²) in [6.07, 6.45) is 7.86. The Labute approximate surface area is 177 Å². The van der Waals surface area contributed by atoms with Gasteiger partial charge < -0.3 is 0 Å².